The van der Waals surface area contributed by atoms with Crippen LogP contribution in [0.25, 0.3) is 0 Å². The Kier molecular flexibility index (Phi) is 4.81. The molecular formula is C19H23N5O3. The Labute approximate surface area is 158 Å². The van der Waals surface area contributed by atoms with Gasteiger partial charge in [-0.05, 0) is 24.6 Å². The van der Waals surface area contributed by atoms with Crippen LogP contribution in [-0.2, 0) is 4.79 Å². The molecule has 0 unspecified atom stereocenters. The number of carbonyl (C=O) groups is 1. The van der Waals surface area contributed by atoms with Crippen LogP contribution in [0.15, 0.2) is 36.5 Å². The third kappa shape index (κ3) is 3.66. The van der Waals surface area contributed by atoms with Crippen molar-refractivity contribution in [1.82, 2.24) is 9.97 Å². The second-order valence-electron chi connectivity index (χ2n) is 6.77. The number of aliphatic hydroxyl groups is 1. The maximum absolute atomic E-state index is 12.7. The molecule has 1 amide bonds. The fourth-order valence-electron chi connectivity index (χ4n) is 3.51. The smallest absolute Gasteiger partial charge is 0.246 e. The van der Waals surface area contributed by atoms with Crippen molar-refractivity contribution in [2.45, 2.75) is 12.5 Å². The lowest BCUT2D eigenvalue weighted by molar-refractivity contribution is -0.117. The Hall–Kier alpha value is -2.87. The molecule has 4 rings (SSSR count). The monoisotopic (exact) mass is 369 g/mol. The minimum absolute atomic E-state index is 0.0000934. The van der Waals surface area contributed by atoms with E-state index in [9.17, 15) is 9.90 Å². The second-order valence-corrected chi connectivity index (χ2v) is 6.77. The number of benzene rings is 1. The summed E-state index contributed by atoms with van der Waals surface area (Å²) in [5, 5.41) is 9.73. The van der Waals surface area contributed by atoms with Gasteiger partial charge in [0.05, 0.1) is 13.2 Å². The van der Waals surface area contributed by atoms with Crippen molar-refractivity contribution in [2.75, 3.05) is 54.5 Å². The van der Waals surface area contributed by atoms with Gasteiger partial charge in [-0.2, -0.15) is 4.98 Å². The average molecular weight is 369 g/mol. The Balaban J connectivity index is 1.47. The number of carbonyl (C=O) groups excluding carboxylic acids is 1. The molecule has 0 aliphatic carbocycles. The van der Waals surface area contributed by atoms with Crippen molar-refractivity contribution in [2.24, 2.45) is 0 Å². The zero-order valence-electron chi connectivity index (χ0n) is 15.3. The summed E-state index contributed by atoms with van der Waals surface area (Å²) in [5.41, 5.74) is 0.833. The van der Waals surface area contributed by atoms with Crippen molar-refractivity contribution in [3.63, 3.8) is 0 Å². The van der Waals surface area contributed by atoms with E-state index in [1.54, 1.807) is 18.2 Å². The molecule has 0 bridgehead atoms. The van der Waals surface area contributed by atoms with Crippen LogP contribution in [0.4, 0.5) is 17.5 Å². The van der Waals surface area contributed by atoms with Gasteiger partial charge in [0, 0.05) is 44.1 Å². The van der Waals surface area contributed by atoms with Gasteiger partial charge in [0.2, 0.25) is 11.9 Å². The number of aliphatic hydroxyl groups excluding tert-OH is 1. The fraction of sp³-hybridized carbons (Fsp3) is 0.421. The normalized spacial score (nSPS) is 20.3. The van der Waals surface area contributed by atoms with Gasteiger partial charge in [-0.1, -0.05) is 6.07 Å². The number of nitrogens with zero attached hydrogens (tertiary/aromatic N) is 5. The SMILES string of the molecule is COc1cccc(N2CCN(c3nccc(N4CC[C@H](O)C4)n3)CC2=O)c1. The molecule has 0 spiro atoms. The fourth-order valence-corrected chi connectivity index (χ4v) is 3.51. The Morgan fingerprint density at radius 1 is 1.19 bits per heavy atom. The highest BCUT2D eigenvalue weighted by molar-refractivity contribution is 5.97. The van der Waals surface area contributed by atoms with Crippen LogP contribution in [-0.4, -0.2) is 66.9 Å². The molecule has 2 aliphatic rings. The molecule has 0 saturated carbocycles. The highest BCUT2D eigenvalue weighted by Crippen LogP contribution is 2.25. The topological polar surface area (TPSA) is 82.0 Å². The molecule has 1 atom stereocenters. The zero-order valence-corrected chi connectivity index (χ0v) is 15.3. The third-order valence-corrected chi connectivity index (χ3v) is 4.98. The number of aromatic nitrogens is 2. The van der Waals surface area contributed by atoms with Gasteiger partial charge in [-0.15, -0.1) is 0 Å². The minimum atomic E-state index is -0.309. The van der Waals surface area contributed by atoms with Crippen LogP contribution in [0.3, 0.4) is 0 Å². The van der Waals surface area contributed by atoms with Crippen LogP contribution < -0.4 is 19.4 Å². The molecule has 3 heterocycles. The minimum Gasteiger partial charge on any atom is -0.497 e. The lowest BCUT2D eigenvalue weighted by Gasteiger charge is -2.34. The Morgan fingerprint density at radius 2 is 2.07 bits per heavy atom. The maximum Gasteiger partial charge on any atom is 0.246 e. The standard InChI is InChI=1S/C19H23N5O3/c1-27-16-4-2-3-14(11-16)24-10-9-23(13-18(24)26)19-20-7-5-17(21-19)22-8-6-15(25)12-22/h2-5,7,11,15,25H,6,8-10,12-13H2,1H3/t15-/m0/s1. The summed E-state index contributed by atoms with van der Waals surface area (Å²) >= 11 is 0. The van der Waals surface area contributed by atoms with Crippen molar-refractivity contribution < 1.29 is 14.6 Å². The number of ether oxygens (including phenoxy) is 1. The van der Waals surface area contributed by atoms with E-state index in [4.69, 9.17) is 4.74 Å². The van der Waals surface area contributed by atoms with Gasteiger partial charge in [-0.25, -0.2) is 4.98 Å². The van der Waals surface area contributed by atoms with Crippen LogP contribution in [0.2, 0.25) is 0 Å². The van der Waals surface area contributed by atoms with Crippen LogP contribution in [0, 0.1) is 0 Å². The molecule has 8 nitrogen and oxygen atoms in total. The lowest BCUT2D eigenvalue weighted by Crippen LogP contribution is -2.51. The summed E-state index contributed by atoms with van der Waals surface area (Å²) in [7, 11) is 1.61. The summed E-state index contributed by atoms with van der Waals surface area (Å²) in [4.78, 5) is 27.4. The summed E-state index contributed by atoms with van der Waals surface area (Å²) in [5.74, 6) is 2.07. The van der Waals surface area contributed by atoms with E-state index in [0.29, 0.717) is 25.6 Å². The first kappa shape index (κ1) is 17.5. The molecule has 1 aromatic carbocycles. The number of piperazine rings is 1. The molecule has 0 radical (unpaired) electrons. The first-order chi connectivity index (χ1) is 13.1. The summed E-state index contributed by atoms with van der Waals surface area (Å²) in [6, 6.07) is 9.36. The van der Waals surface area contributed by atoms with Gasteiger partial charge < -0.3 is 24.5 Å². The number of methoxy groups -OCH3 is 1. The van der Waals surface area contributed by atoms with E-state index < -0.39 is 0 Å². The molecule has 142 valence electrons. The van der Waals surface area contributed by atoms with E-state index in [2.05, 4.69) is 9.97 Å². The number of amides is 1. The Bertz CT molecular complexity index is 830. The highest BCUT2D eigenvalue weighted by Gasteiger charge is 2.28. The number of β-amino-alcohol motifs (C(OH)–C–C–N with tert-alkyl or cyclic N) is 1. The quantitative estimate of drug-likeness (QED) is 0.858. The molecule has 1 aromatic heterocycles. The first-order valence-electron chi connectivity index (χ1n) is 9.09. The van der Waals surface area contributed by atoms with Crippen LogP contribution in [0.5, 0.6) is 5.75 Å². The summed E-state index contributed by atoms with van der Waals surface area (Å²) in [6.07, 6.45) is 2.15. The van der Waals surface area contributed by atoms with Crippen molar-refractivity contribution in [3.05, 3.63) is 36.5 Å². The maximum atomic E-state index is 12.7. The number of rotatable bonds is 4. The Morgan fingerprint density at radius 3 is 2.81 bits per heavy atom. The van der Waals surface area contributed by atoms with E-state index in [-0.39, 0.29) is 18.6 Å². The average Bonchev–Trinajstić information content (AvgIpc) is 3.14. The zero-order chi connectivity index (χ0) is 18.8. The van der Waals surface area contributed by atoms with Crippen LogP contribution >= 0.6 is 0 Å². The largest absolute Gasteiger partial charge is 0.497 e. The molecule has 2 aliphatic heterocycles. The highest BCUT2D eigenvalue weighted by atomic mass is 16.5. The molecule has 2 fully saturated rings. The van der Waals surface area contributed by atoms with E-state index in [0.717, 1.165) is 30.2 Å². The molecular weight excluding hydrogens is 346 g/mol. The number of anilines is 3. The molecule has 1 N–H and O–H groups in total. The first-order valence-corrected chi connectivity index (χ1v) is 9.09. The van der Waals surface area contributed by atoms with Crippen molar-refractivity contribution in [3.8, 4) is 5.75 Å². The van der Waals surface area contributed by atoms with Gasteiger partial charge in [0.1, 0.15) is 18.1 Å². The number of hydrogen-bond donors (Lipinski definition) is 1. The van der Waals surface area contributed by atoms with Gasteiger partial charge >= 0.3 is 0 Å². The van der Waals surface area contributed by atoms with Crippen molar-refractivity contribution >= 4 is 23.4 Å². The van der Waals surface area contributed by atoms with Gasteiger partial charge in [0.25, 0.3) is 0 Å². The molecule has 27 heavy (non-hydrogen) atoms. The molecule has 8 heteroatoms. The third-order valence-electron chi connectivity index (χ3n) is 4.98. The van der Waals surface area contributed by atoms with E-state index >= 15 is 0 Å². The molecule has 2 saturated heterocycles. The second kappa shape index (κ2) is 7.40. The lowest BCUT2D eigenvalue weighted by atomic mass is 10.2. The van der Waals surface area contributed by atoms with Crippen molar-refractivity contribution in [1.29, 1.82) is 0 Å². The predicted octanol–water partition coefficient (Wildman–Crippen LogP) is 0.909. The van der Waals surface area contributed by atoms with E-state index in [1.165, 1.54) is 0 Å². The number of hydrogen-bond acceptors (Lipinski definition) is 7. The van der Waals surface area contributed by atoms with E-state index in [1.807, 2.05) is 40.1 Å². The van der Waals surface area contributed by atoms with Crippen LogP contribution in [0.1, 0.15) is 6.42 Å². The predicted molar refractivity (Wildman–Crippen MR) is 102 cm³/mol. The van der Waals surface area contributed by atoms with Gasteiger partial charge in [-0.3, -0.25) is 4.79 Å². The summed E-state index contributed by atoms with van der Waals surface area (Å²) < 4.78 is 5.25. The summed E-state index contributed by atoms with van der Waals surface area (Å²) in [6.45, 7) is 2.79. The molecule has 2 aromatic rings. The van der Waals surface area contributed by atoms with Gasteiger partial charge in [0.15, 0.2) is 0 Å².